The summed E-state index contributed by atoms with van der Waals surface area (Å²) in [5, 5.41) is 0. The summed E-state index contributed by atoms with van der Waals surface area (Å²) in [5.41, 5.74) is 1.14. The van der Waals surface area contributed by atoms with Crippen molar-refractivity contribution in [3.63, 3.8) is 0 Å². The number of anilines is 2. The molecule has 0 saturated carbocycles. The highest BCUT2D eigenvalue weighted by Crippen LogP contribution is 2.44. The Morgan fingerprint density at radius 2 is 0.868 bits per heavy atom. The minimum Gasteiger partial charge on any atom is -0.338 e. The molecule has 0 bridgehead atoms. The van der Waals surface area contributed by atoms with Crippen LogP contribution in [0.4, 0.5) is 11.9 Å². The van der Waals surface area contributed by atoms with Crippen LogP contribution in [0.25, 0.3) is 0 Å². The van der Waals surface area contributed by atoms with Crippen molar-refractivity contribution in [1.29, 1.82) is 0 Å². The molecule has 3 saturated heterocycles. The average Bonchev–Trinajstić information content (AvgIpc) is 3.01. The first kappa shape index (κ1) is 47.6. The topological polar surface area (TPSA) is 54.9 Å². The fraction of sp³-hybridized carbons (Fsp3) is 0.933. The van der Waals surface area contributed by atoms with E-state index in [0.29, 0.717) is 23.2 Å². The van der Waals surface area contributed by atoms with Crippen molar-refractivity contribution in [3.8, 4) is 0 Å². The maximum Gasteiger partial charge on any atom is 0.230 e. The van der Waals surface area contributed by atoms with Crippen LogP contribution >= 0.6 is 0 Å². The Morgan fingerprint density at radius 1 is 0.547 bits per heavy atom. The maximum absolute atomic E-state index is 5.32. The molecule has 0 N–H and O–H groups in total. The third kappa shape index (κ3) is 10.7. The quantitative estimate of drug-likeness (QED) is 0.235. The zero-order valence-electron chi connectivity index (χ0n) is 38.2. The second-order valence-electron chi connectivity index (χ2n) is 21.1. The summed E-state index contributed by atoms with van der Waals surface area (Å²) in [6.07, 6.45) is 10.3. The van der Waals surface area contributed by atoms with E-state index in [1.54, 1.807) is 0 Å². The van der Waals surface area contributed by atoms with Gasteiger partial charge in [0.25, 0.3) is 0 Å². The SMILES string of the molecule is C.CC1CC(C)(C)N(C)C(C)(C)C1C.CCCCN(c1nc(C)nc(N(CCCC)C2CC(C)(C)N(C)C(C)(C)C2)n1)C1CC(C)(C)N(C)C(C)(C)C1. The zero-order chi connectivity index (χ0) is 39.8. The molecule has 3 fully saturated rings. The lowest BCUT2D eigenvalue weighted by Crippen LogP contribution is -2.63. The van der Waals surface area contributed by atoms with Crippen molar-refractivity contribution in [2.45, 2.75) is 228 Å². The maximum atomic E-state index is 5.32. The lowest BCUT2D eigenvalue weighted by Gasteiger charge is -2.56. The van der Waals surface area contributed by atoms with Gasteiger partial charge in [-0.05, 0) is 168 Å². The number of aryl methyl sites for hydroxylation is 1. The number of hydrogen-bond acceptors (Lipinski definition) is 8. The zero-order valence-corrected chi connectivity index (χ0v) is 38.2. The van der Waals surface area contributed by atoms with Gasteiger partial charge < -0.3 is 9.80 Å². The molecule has 2 atom stereocenters. The molecule has 4 heterocycles. The van der Waals surface area contributed by atoms with Crippen LogP contribution in [0, 0.1) is 18.8 Å². The largest absolute Gasteiger partial charge is 0.338 e. The molecule has 3 aliphatic heterocycles. The van der Waals surface area contributed by atoms with E-state index < -0.39 is 0 Å². The van der Waals surface area contributed by atoms with E-state index in [0.717, 1.165) is 94.0 Å². The minimum atomic E-state index is 0. The molecule has 0 spiro atoms. The van der Waals surface area contributed by atoms with Gasteiger partial charge in [-0.3, -0.25) is 14.7 Å². The highest BCUT2D eigenvalue weighted by Gasteiger charge is 2.48. The van der Waals surface area contributed by atoms with Crippen LogP contribution in [0.15, 0.2) is 0 Å². The molecular weight excluding hydrogens is 653 g/mol. The van der Waals surface area contributed by atoms with E-state index in [4.69, 9.17) is 15.0 Å². The molecule has 8 heteroatoms. The number of hydrogen-bond donors (Lipinski definition) is 0. The summed E-state index contributed by atoms with van der Waals surface area (Å²) >= 11 is 0. The number of aromatic nitrogens is 3. The average molecular weight is 743 g/mol. The molecule has 3 aliphatic rings. The summed E-state index contributed by atoms with van der Waals surface area (Å²) in [6, 6.07) is 0.801. The molecule has 2 unspecified atom stereocenters. The van der Waals surface area contributed by atoms with Crippen LogP contribution in [0.3, 0.4) is 0 Å². The standard InChI is InChI=1S/C32H61N7.C12H25N.CH4/c1-14-16-18-38(25-20-29(4,5)36(12)30(6,7)21-25)27-33-24(3)34-28(35-27)39(19-17-15-2)26-22-31(8,9)37(13)32(10,11)23-26;1-9-8-11(3,4)13(7)12(5,6)10(9)2;/h25-26H,14-23H2,1-13H3;9-10H,8H2,1-7H3;1H4. The van der Waals surface area contributed by atoms with Crippen molar-refractivity contribution in [2.24, 2.45) is 11.8 Å². The normalized spacial score (nSPS) is 26.9. The van der Waals surface area contributed by atoms with E-state index in [9.17, 15) is 0 Å². The van der Waals surface area contributed by atoms with E-state index >= 15 is 0 Å². The first-order valence-corrected chi connectivity index (χ1v) is 21.1. The van der Waals surface area contributed by atoms with Gasteiger partial charge in [0.2, 0.25) is 11.9 Å². The predicted octanol–water partition coefficient (Wildman–Crippen LogP) is 10.5. The Hall–Kier alpha value is -1.51. The lowest BCUT2D eigenvalue weighted by molar-refractivity contribution is -0.0661. The summed E-state index contributed by atoms with van der Waals surface area (Å²) in [7, 11) is 6.84. The number of unbranched alkanes of at least 4 members (excludes halogenated alkanes) is 2. The Bertz CT molecular complexity index is 1190. The van der Waals surface area contributed by atoms with Crippen LogP contribution in [-0.2, 0) is 0 Å². The van der Waals surface area contributed by atoms with Crippen molar-refractivity contribution in [1.82, 2.24) is 29.7 Å². The molecule has 0 aromatic carbocycles. The third-order valence-electron chi connectivity index (χ3n) is 14.8. The van der Waals surface area contributed by atoms with Crippen LogP contribution < -0.4 is 9.80 Å². The molecule has 4 rings (SSSR count). The fourth-order valence-corrected chi connectivity index (χ4v) is 10.2. The number of rotatable bonds is 10. The van der Waals surface area contributed by atoms with Gasteiger partial charge in [-0.25, -0.2) is 0 Å². The van der Waals surface area contributed by atoms with Gasteiger partial charge in [0.1, 0.15) is 5.82 Å². The van der Waals surface area contributed by atoms with Gasteiger partial charge in [0.15, 0.2) is 0 Å². The molecule has 1 aromatic rings. The van der Waals surface area contributed by atoms with Gasteiger partial charge in [0, 0.05) is 58.4 Å². The van der Waals surface area contributed by atoms with Crippen LogP contribution in [0.2, 0.25) is 0 Å². The van der Waals surface area contributed by atoms with Gasteiger partial charge in [-0.2, -0.15) is 15.0 Å². The van der Waals surface area contributed by atoms with Gasteiger partial charge in [-0.15, -0.1) is 0 Å². The molecular formula is C45H90N8. The molecule has 0 radical (unpaired) electrons. The highest BCUT2D eigenvalue weighted by atomic mass is 15.4. The molecule has 1 aromatic heterocycles. The highest BCUT2D eigenvalue weighted by molar-refractivity contribution is 5.42. The van der Waals surface area contributed by atoms with Gasteiger partial charge in [0.05, 0.1) is 0 Å². The van der Waals surface area contributed by atoms with Crippen LogP contribution in [-0.4, -0.2) is 109 Å². The Morgan fingerprint density at radius 3 is 1.19 bits per heavy atom. The fourth-order valence-electron chi connectivity index (χ4n) is 10.2. The smallest absolute Gasteiger partial charge is 0.230 e. The van der Waals surface area contributed by atoms with E-state index in [1.807, 2.05) is 0 Å². The summed E-state index contributed by atoms with van der Waals surface area (Å²) < 4.78 is 0. The molecule has 8 nitrogen and oxygen atoms in total. The van der Waals surface area contributed by atoms with Gasteiger partial charge in [-0.1, -0.05) is 48.0 Å². The van der Waals surface area contributed by atoms with Gasteiger partial charge >= 0.3 is 0 Å². The third-order valence-corrected chi connectivity index (χ3v) is 14.8. The first-order valence-electron chi connectivity index (χ1n) is 21.1. The Balaban J connectivity index is 0.000000586. The summed E-state index contributed by atoms with van der Waals surface area (Å²) in [5.74, 6) is 4.20. The second kappa shape index (κ2) is 17.3. The number of likely N-dealkylation sites (tertiary alicyclic amines) is 3. The minimum absolute atomic E-state index is 0. The van der Waals surface area contributed by atoms with E-state index in [2.05, 4.69) is 163 Å². The molecule has 310 valence electrons. The molecule has 0 aliphatic carbocycles. The van der Waals surface area contributed by atoms with Crippen LogP contribution in [0.1, 0.15) is 182 Å². The molecule has 53 heavy (non-hydrogen) atoms. The summed E-state index contributed by atoms with van der Waals surface area (Å²) in [6.45, 7) is 41.9. The summed E-state index contributed by atoms with van der Waals surface area (Å²) in [4.78, 5) is 28.1. The Kier molecular flexibility index (Phi) is 15.6. The predicted molar refractivity (Wildman–Crippen MR) is 233 cm³/mol. The van der Waals surface area contributed by atoms with E-state index in [1.165, 1.54) is 6.42 Å². The molecule has 0 amide bonds. The van der Waals surface area contributed by atoms with Crippen molar-refractivity contribution >= 4 is 11.9 Å². The second-order valence-corrected chi connectivity index (χ2v) is 21.1. The lowest BCUT2D eigenvalue weighted by atomic mass is 9.68. The van der Waals surface area contributed by atoms with Crippen molar-refractivity contribution in [2.75, 3.05) is 44.0 Å². The monoisotopic (exact) mass is 743 g/mol. The van der Waals surface area contributed by atoms with Crippen molar-refractivity contribution < 1.29 is 0 Å². The number of nitrogens with zero attached hydrogens (tertiary/aromatic N) is 8. The van der Waals surface area contributed by atoms with E-state index in [-0.39, 0.29) is 29.6 Å². The van der Waals surface area contributed by atoms with Crippen LogP contribution in [0.5, 0.6) is 0 Å². The first-order chi connectivity index (χ1) is 23.6. The van der Waals surface area contributed by atoms with Crippen molar-refractivity contribution in [3.05, 3.63) is 5.82 Å². The Labute approximate surface area is 330 Å². The number of piperidine rings is 3.